The fraction of sp³-hybridized carbons (Fsp3) is 0.267. The van der Waals surface area contributed by atoms with Crippen LogP contribution in [-0.4, -0.2) is 24.5 Å². The van der Waals surface area contributed by atoms with E-state index in [9.17, 15) is 5.11 Å². The summed E-state index contributed by atoms with van der Waals surface area (Å²) in [4.78, 5) is 0. The van der Waals surface area contributed by atoms with Gasteiger partial charge in [-0.15, -0.1) is 0 Å². The number of anilines is 1. The Morgan fingerprint density at radius 3 is 2.18 bits per heavy atom. The Morgan fingerprint density at radius 2 is 1.53 bits per heavy atom. The van der Waals surface area contributed by atoms with Gasteiger partial charge in [-0.25, -0.2) is 0 Å². The minimum atomic E-state index is 0.212. The average Bonchev–Trinajstić information content (AvgIpc) is 2.88. The molecule has 0 aromatic heterocycles. The van der Waals surface area contributed by atoms with Gasteiger partial charge in [0.1, 0.15) is 12.4 Å². The van der Waals surface area contributed by atoms with E-state index in [-0.39, 0.29) is 5.92 Å². The lowest BCUT2D eigenvalue weighted by Gasteiger charge is -2.20. The first kappa shape index (κ1) is 24.0. The van der Waals surface area contributed by atoms with Gasteiger partial charge >= 0.3 is 0 Å². The number of benzene rings is 3. The first-order valence-corrected chi connectivity index (χ1v) is 13.2. The molecule has 0 unspecified atom stereocenters. The smallest absolute Gasteiger partial charge is 0.157 e. The second-order valence-corrected chi connectivity index (χ2v) is 9.37. The lowest BCUT2D eigenvalue weighted by Crippen LogP contribution is -2.07. The number of rotatable bonds is 11. The number of aliphatic hydroxyl groups excluding tert-OH is 1. The zero-order valence-corrected chi connectivity index (χ0v) is 20.6. The van der Waals surface area contributed by atoms with Crippen LogP contribution in [0.15, 0.2) is 107 Å². The summed E-state index contributed by atoms with van der Waals surface area (Å²) in [5.41, 5.74) is 6.06. The van der Waals surface area contributed by atoms with Gasteiger partial charge in [0.15, 0.2) is 5.09 Å². The standard InChI is InChI=1S/C30H33NO2S/c1-34-29-21-28(32)26(22-33-29)16-9-4-10-19-31-27-18-11-17-25(20-27)30(23-12-5-2-6-13-23)24-14-7-3-8-15-24/h2-3,5-8,11-15,17-18,20-21,30-32H,4,9-10,16,19,22H2,1H3. The van der Waals surface area contributed by atoms with Crippen molar-refractivity contribution in [1.29, 1.82) is 0 Å². The molecule has 3 aromatic carbocycles. The Kier molecular flexibility index (Phi) is 8.75. The van der Waals surface area contributed by atoms with E-state index in [1.807, 2.05) is 6.26 Å². The van der Waals surface area contributed by atoms with E-state index in [0.717, 1.165) is 48.6 Å². The number of hydrogen-bond donors (Lipinski definition) is 2. The lowest BCUT2D eigenvalue weighted by molar-refractivity contribution is 0.243. The highest BCUT2D eigenvalue weighted by atomic mass is 32.2. The summed E-state index contributed by atoms with van der Waals surface area (Å²) in [5, 5.41) is 14.5. The summed E-state index contributed by atoms with van der Waals surface area (Å²) in [5.74, 6) is 0.598. The molecule has 2 N–H and O–H groups in total. The van der Waals surface area contributed by atoms with E-state index < -0.39 is 0 Å². The van der Waals surface area contributed by atoms with Gasteiger partial charge in [0, 0.05) is 29.8 Å². The normalized spacial score (nSPS) is 13.5. The molecular weight excluding hydrogens is 438 g/mol. The molecule has 1 aliphatic heterocycles. The third-order valence-electron chi connectivity index (χ3n) is 6.18. The molecule has 176 valence electrons. The third kappa shape index (κ3) is 6.48. The monoisotopic (exact) mass is 471 g/mol. The Morgan fingerprint density at radius 1 is 0.853 bits per heavy atom. The molecule has 3 aromatic rings. The van der Waals surface area contributed by atoms with Gasteiger partial charge in [-0.2, -0.15) is 0 Å². The van der Waals surface area contributed by atoms with E-state index >= 15 is 0 Å². The molecule has 3 nitrogen and oxygen atoms in total. The van der Waals surface area contributed by atoms with Crippen molar-refractivity contribution < 1.29 is 9.84 Å². The number of thioether (sulfide) groups is 1. The topological polar surface area (TPSA) is 41.5 Å². The fourth-order valence-corrected chi connectivity index (χ4v) is 4.78. The van der Waals surface area contributed by atoms with E-state index in [1.165, 1.54) is 28.5 Å². The summed E-state index contributed by atoms with van der Waals surface area (Å²) < 4.78 is 5.63. The molecule has 1 aliphatic rings. The largest absolute Gasteiger partial charge is 0.508 e. The summed E-state index contributed by atoms with van der Waals surface area (Å²) in [6.45, 7) is 1.44. The van der Waals surface area contributed by atoms with Crippen molar-refractivity contribution >= 4 is 17.4 Å². The molecule has 0 saturated carbocycles. The van der Waals surface area contributed by atoms with E-state index in [0.29, 0.717) is 12.4 Å². The minimum Gasteiger partial charge on any atom is -0.508 e. The predicted octanol–water partition coefficient (Wildman–Crippen LogP) is 7.89. The maximum Gasteiger partial charge on any atom is 0.157 e. The molecule has 34 heavy (non-hydrogen) atoms. The number of ether oxygens (including phenoxy) is 1. The van der Waals surface area contributed by atoms with Gasteiger partial charge in [0.25, 0.3) is 0 Å². The van der Waals surface area contributed by atoms with Crippen molar-refractivity contribution in [3.63, 3.8) is 0 Å². The van der Waals surface area contributed by atoms with Crippen molar-refractivity contribution in [2.75, 3.05) is 24.7 Å². The van der Waals surface area contributed by atoms with Gasteiger partial charge < -0.3 is 15.2 Å². The Hall–Kier alpha value is -3.11. The zero-order valence-electron chi connectivity index (χ0n) is 19.7. The maximum atomic E-state index is 10.2. The molecule has 0 spiro atoms. The lowest BCUT2D eigenvalue weighted by atomic mass is 9.85. The van der Waals surface area contributed by atoms with Crippen LogP contribution in [0.5, 0.6) is 0 Å². The van der Waals surface area contributed by atoms with Crippen LogP contribution in [0.2, 0.25) is 0 Å². The van der Waals surface area contributed by atoms with Crippen LogP contribution >= 0.6 is 11.8 Å². The third-order valence-corrected chi connectivity index (χ3v) is 6.81. The second kappa shape index (κ2) is 12.4. The summed E-state index contributed by atoms with van der Waals surface area (Å²) in [6.07, 6.45) is 7.82. The zero-order chi connectivity index (χ0) is 23.6. The highest BCUT2D eigenvalue weighted by Gasteiger charge is 2.17. The number of unbranched alkanes of at least 4 members (excludes halogenated alkanes) is 2. The maximum absolute atomic E-state index is 10.2. The molecule has 0 radical (unpaired) electrons. The number of hydrogen-bond acceptors (Lipinski definition) is 4. The Bertz CT molecular complexity index is 1070. The Balaban J connectivity index is 1.32. The molecule has 0 saturated heterocycles. The molecule has 0 atom stereocenters. The van der Waals surface area contributed by atoms with Crippen molar-refractivity contribution in [1.82, 2.24) is 0 Å². The van der Waals surface area contributed by atoms with Crippen molar-refractivity contribution in [2.45, 2.75) is 31.6 Å². The van der Waals surface area contributed by atoms with E-state index in [1.54, 1.807) is 6.08 Å². The average molecular weight is 472 g/mol. The Labute approximate surface area is 207 Å². The summed E-state index contributed by atoms with van der Waals surface area (Å²) in [6, 6.07) is 30.2. The minimum absolute atomic E-state index is 0.212. The van der Waals surface area contributed by atoms with Crippen molar-refractivity contribution in [2.24, 2.45) is 0 Å². The van der Waals surface area contributed by atoms with E-state index in [4.69, 9.17) is 4.74 Å². The second-order valence-electron chi connectivity index (χ2n) is 8.56. The molecule has 0 fully saturated rings. The molecule has 1 heterocycles. The predicted molar refractivity (Wildman–Crippen MR) is 144 cm³/mol. The van der Waals surface area contributed by atoms with Crippen LogP contribution in [0.25, 0.3) is 0 Å². The first-order chi connectivity index (χ1) is 16.7. The number of aliphatic hydroxyl groups is 1. The fourth-order valence-electron chi connectivity index (χ4n) is 4.38. The quantitative estimate of drug-likeness (QED) is 0.220. The van der Waals surface area contributed by atoms with Crippen LogP contribution in [0.3, 0.4) is 0 Å². The van der Waals surface area contributed by atoms with Crippen LogP contribution in [0, 0.1) is 0 Å². The highest BCUT2D eigenvalue weighted by molar-refractivity contribution is 8.02. The van der Waals surface area contributed by atoms with Crippen LogP contribution < -0.4 is 5.32 Å². The molecule has 4 heteroatoms. The summed E-state index contributed by atoms with van der Waals surface area (Å²) >= 11 is 1.52. The van der Waals surface area contributed by atoms with Gasteiger partial charge in [-0.05, 0) is 54.3 Å². The SMILES string of the molecule is CSC1=CC(O)=C(CCCCCNc2cccc(C(c3ccccc3)c3ccccc3)c2)CO1. The van der Waals surface area contributed by atoms with Crippen LogP contribution in [-0.2, 0) is 4.74 Å². The van der Waals surface area contributed by atoms with Gasteiger partial charge in [0.05, 0.1) is 0 Å². The van der Waals surface area contributed by atoms with Crippen LogP contribution in [0.4, 0.5) is 5.69 Å². The molecule has 4 rings (SSSR count). The first-order valence-electron chi connectivity index (χ1n) is 12.0. The van der Waals surface area contributed by atoms with Gasteiger partial charge in [0.2, 0.25) is 0 Å². The molecule has 0 amide bonds. The van der Waals surface area contributed by atoms with Gasteiger partial charge in [-0.3, -0.25) is 0 Å². The molecule has 0 bridgehead atoms. The van der Waals surface area contributed by atoms with Crippen molar-refractivity contribution in [3.8, 4) is 0 Å². The number of allylic oxidation sites excluding steroid dienone is 1. The number of nitrogens with one attached hydrogen (secondary N) is 1. The van der Waals surface area contributed by atoms with Crippen molar-refractivity contribution in [3.05, 3.63) is 124 Å². The van der Waals surface area contributed by atoms with E-state index in [2.05, 4.69) is 90.2 Å². The summed E-state index contributed by atoms with van der Waals surface area (Å²) in [7, 11) is 0. The highest BCUT2D eigenvalue weighted by Crippen LogP contribution is 2.33. The molecular formula is C30H33NO2S. The van der Waals surface area contributed by atoms with Gasteiger partial charge in [-0.1, -0.05) is 91.0 Å². The van der Waals surface area contributed by atoms with Crippen LogP contribution in [0.1, 0.15) is 48.3 Å². The molecule has 0 aliphatic carbocycles.